The fourth-order valence-electron chi connectivity index (χ4n) is 4.73. The van der Waals surface area contributed by atoms with Crippen LogP contribution in [-0.4, -0.2) is 64.3 Å². The molecule has 1 fully saturated rings. The highest BCUT2D eigenvalue weighted by atomic mass is 35.5. The van der Waals surface area contributed by atoms with Crippen LogP contribution >= 0.6 is 11.6 Å². The maximum Gasteiger partial charge on any atom is 0.271 e. The van der Waals surface area contributed by atoms with E-state index in [1.54, 1.807) is 102 Å². The lowest BCUT2D eigenvalue weighted by Gasteiger charge is -2.26. The Bertz CT molecular complexity index is 1790. The van der Waals surface area contributed by atoms with Crippen molar-refractivity contribution in [3.8, 4) is 5.75 Å². The van der Waals surface area contributed by atoms with Crippen LogP contribution in [0.3, 0.4) is 0 Å². The topological polar surface area (TPSA) is 118 Å². The van der Waals surface area contributed by atoms with E-state index in [0.29, 0.717) is 53.9 Å². The summed E-state index contributed by atoms with van der Waals surface area (Å²) in [6.07, 6.45) is 1.49. The third-order valence-electron chi connectivity index (χ3n) is 7.30. The van der Waals surface area contributed by atoms with Gasteiger partial charge in [-0.3, -0.25) is 13.9 Å². The van der Waals surface area contributed by atoms with E-state index in [0.717, 1.165) is 11.1 Å². The third-order valence-corrected chi connectivity index (χ3v) is 9.31. The summed E-state index contributed by atoms with van der Waals surface area (Å²) < 4.78 is 39.6. The Morgan fingerprint density at radius 3 is 2.37 bits per heavy atom. The number of nitrogens with one attached hydrogen (secondary N) is 1. The number of halogens is 1. The van der Waals surface area contributed by atoms with E-state index in [9.17, 15) is 18.0 Å². The standard InChI is InChI=1S/C34H33ClN4O6S/c1-25-7-14-29(35)21-32(25)39(46(42,43)31-5-3-2-4-6-31)23-27-8-12-28(13-9-27)34(41)37-36-22-26-10-15-30(16-11-26)45-24-33(40)38-17-19-44-20-18-38/h2-16,21-22H,17-20,23-24H2,1H3,(H,37,41)/b36-22-. The summed E-state index contributed by atoms with van der Waals surface area (Å²) in [5.74, 6) is 0.0304. The van der Waals surface area contributed by atoms with Gasteiger partial charge in [0, 0.05) is 23.7 Å². The summed E-state index contributed by atoms with van der Waals surface area (Å²) in [4.78, 5) is 26.9. The quantitative estimate of drug-likeness (QED) is 0.178. The molecule has 0 spiro atoms. The van der Waals surface area contributed by atoms with Crippen molar-refractivity contribution in [3.63, 3.8) is 0 Å². The van der Waals surface area contributed by atoms with E-state index >= 15 is 0 Å². The Balaban J connectivity index is 1.20. The van der Waals surface area contributed by atoms with Crippen LogP contribution in [0.25, 0.3) is 0 Å². The van der Waals surface area contributed by atoms with Crippen molar-refractivity contribution >= 4 is 45.3 Å². The molecule has 12 heteroatoms. The van der Waals surface area contributed by atoms with Crippen LogP contribution in [0.5, 0.6) is 5.75 Å². The van der Waals surface area contributed by atoms with Crippen molar-refractivity contribution in [3.05, 3.63) is 124 Å². The summed E-state index contributed by atoms with van der Waals surface area (Å²) >= 11 is 6.25. The van der Waals surface area contributed by atoms with E-state index < -0.39 is 15.9 Å². The van der Waals surface area contributed by atoms with Crippen molar-refractivity contribution in [2.24, 2.45) is 5.10 Å². The highest BCUT2D eigenvalue weighted by Gasteiger charge is 2.26. The van der Waals surface area contributed by atoms with Crippen molar-refractivity contribution in [2.75, 3.05) is 37.2 Å². The number of nitrogens with zero attached hydrogens (tertiary/aromatic N) is 3. The van der Waals surface area contributed by atoms with Crippen LogP contribution in [0.4, 0.5) is 5.69 Å². The molecule has 10 nitrogen and oxygen atoms in total. The van der Waals surface area contributed by atoms with Crippen LogP contribution in [0, 0.1) is 6.92 Å². The lowest BCUT2D eigenvalue weighted by atomic mass is 10.1. The third kappa shape index (κ3) is 8.30. The molecule has 0 unspecified atom stereocenters. The van der Waals surface area contributed by atoms with Gasteiger partial charge in [0.1, 0.15) is 5.75 Å². The highest BCUT2D eigenvalue weighted by molar-refractivity contribution is 7.92. The van der Waals surface area contributed by atoms with Gasteiger partial charge in [0.25, 0.3) is 21.8 Å². The molecule has 4 aromatic carbocycles. The van der Waals surface area contributed by atoms with Gasteiger partial charge in [0.2, 0.25) is 0 Å². The first-order valence-electron chi connectivity index (χ1n) is 14.6. The van der Waals surface area contributed by atoms with Gasteiger partial charge >= 0.3 is 0 Å². The van der Waals surface area contributed by atoms with E-state index in [-0.39, 0.29) is 24.0 Å². The fraction of sp³-hybridized carbons (Fsp3) is 0.206. The predicted octanol–water partition coefficient (Wildman–Crippen LogP) is 5.05. The van der Waals surface area contributed by atoms with Crippen LogP contribution in [0.1, 0.15) is 27.0 Å². The van der Waals surface area contributed by atoms with Gasteiger partial charge in [-0.15, -0.1) is 0 Å². The number of hydrogen-bond acceptors (Lipinski definition) is 7. The SMILES string of the molecule is Cc1ccc(Cl)cc1N(Cc1ccc(C(=O)N/N=C\c2ccc(OCC(=O)N3CCOCC3)cc2)cc1)S(=O)(=O)c1ccccc1. The van der Waals surface area contributed by atoms with E-state index in [4.69, 9.17) is 21.1 Å². The number of morpholine rings is 1. The summed E-state index contributed by atoms with van der Waals surface area (Å²) in [6, 6.07) is 26.9. The number of carbonyl (C=O) groups excluding carboxylic acids is 2. The maximum absolute atomic E-state index is 13.7. The van der Waals surface area contributed by atoms with E-state index in [1.165, 1.54) is 10.5 Å². The van der Waals surface area contributed by atoms with Gasteiger partial charge in [-0.05, 0) is 84.3 Å². The molecule has 1 saturated heterocycles. The lowest BCUT2D eigenvalue weighted by Crippen LogP contribution is -2.42. The summed E-state index contributed by atoms with van der Waals surface area (Å²) in [5, 5.41) is 4.46. The molecule has 0 aromatic heterocycles. The first-order chi connectivity index (χ1) is 22.2. The molecular weight excluding hydrogens is 628 g/mol. The zero-order chi connectivity index (χ0) is 32.5. The molecule has 1 heterocycles. The molecule has 1 aliphatic rings. The normalized spacial score (nSPS) is 13.4. The molecular formula is C34H33ClN4O6S. The minimum absolute atomic E-state index is 0.0273. The van der Waals surface area contributed by atoms with Crippen molar-refractivity contribution < 1.29 is 27.5 Å². The Morgan fingerprint density at radius 2 is 1.67 bits per heavy atom. The molecule has 5 rings (SSSR count). The number of ether oxygens (including phenoxy) is 2. The Kier molecular flexibility index (Phi) is 10.7. The number of anilines is 1. The van der Waals surface area contributed by atoms with E-state index in [1.807, 2.05) is 6.92 Å². The molecule has 4 aromatic rings. The summed E-state index contributed by atoms with van der Waals surface area (Å²) in [7, 11) is -3.92. The first-order valence-corrected chi connectivity index (χ1v) is 16.4. The van der Waals surface area contributed by atoms with Gasteiger partial charge in [0.05, 0.1) is 36.6 Å². The second-order valence-corrected chi connectivity index (χ2v) is 12.8. The average Bonchev–Trinajstić information content (AvgIpc) is 3.08. The lowest BCUT2D eigenvalue weighted by molar-refractivity contribution is -0.137. The van der Waals surface area contributed by atoms with Crippen molar-refractivity contribution in [2.45, 2.75) is 18.4 Å². The largest absolute Gasteiger partial charge is 0.484 e. The smallest absolute Gasteiger partial charge is 0.271 e. The molecule has 0 aliphatic carbocycles. The molecule has 1 aliphatic heterocycles. The number of carbonyl (C=O) groups is 2. The maximum atomic E-state index is 13.7. The summed E-state index contributed by atoms with van der Waals surface area (Å²) in [5.41, 5.74) is 5.46. The van der Waals surface area contributed by atoms with Gasteiger partial charge in [0.15, 0.2) is 6.61 Å². The van der Waals surface area contributed by atoms with Gasteiger partial charge in [-0.1, -0.05) is 48.0 Å². The minimum atomic E-state index is -3.92. The van der Waals surface area contributed by atoms with Gasteiger partial charge in [-0.2, -0.15) is 5.10 Å². The van der Waals surface area contributed by atoms with Gasteiger partial charge in [-0.25, -0.2) is 13.8 Å². The number of amides is 2. The number of hydrazone groups is 1. The average molecular weight is 661 g/mol. The predicted molar refractivity (Wildman–Crippen MR) is 177 cm³/mol. The second kappa shape index (κ2) is 15.0. The van der Waals surface area contributed by atoms with Crippen molar-refractivity contribution in [1.82, 2.24) is 10.3 Å². The molecule has 46 heavy (non-hydrogen) atoms. The highest BCUT2D eigenvalue weighted by Crippen LogP contribution is 2.31. The Morgan fingerprint density at radius 1 is 0.978 bits per heavy atom. The minimum Gasteiger partial charge on any atom is -0.484 e. The molecule has 2 amide bonds. The molecule has 0 atom stereocenters. The zero-order valence-corrected chi connectivity index (χ0v) is 26.7. The van der Waals surface area contributed by atoms with Gasteiger partial charge < -0.3 is 14.4 Å². The monoisotopic (exact) mass is 660 g/mol. The molecule has 0 saturated carbocycles. The van der Waals surface area contributed by atoms with Crippen LogP contribution < -0.4 is 14.5 Å². The molecule has 238 valence electrons. The Labute approximate surface area is 273 Å². The summed E-state index contributed by atoms with van der Waals surface area (Å²) in [6.45, 7) is 4.00. The molecule has 0 bridgehead atoms. The number of sulfonamides is 1. The molecule has 0 radical (unpaired) electrons. The second-order valence-electron chi connectivity index (χ2n) is 10.5. The number of hydrogen-bond donors (Lipinski definition) is 1. The first kappa shape index (κ1) is 32.7. The number of benzene rings is 4. The number of aryl methyl sites for hydroxylation is 1. The van der Waals surface area contributed by atoms with Crippen LogP contribution in [-0.2, 0) is 26.1 Å². The number of rotatable bonds is 11. The van der Waals surface area contributed by atoms with Crippen molar-refractivity contribution in [1.29, 1.82) is 0 Å². The molecule has 1 N–H and O–H groups in total. The van der Waals surface area contributed by atoms with Crippen LogP contribution in [0.2, 0.25) is 5.02 Å². The van der Waals surface area contributed by atoms with Crippen LogP contribution in [0.15, 0.2) is 107 Å². The van der Waals surface area contributed by atoms with E-state index in [2.05, 4.69) is 10.5 Å². The fourth-order valence-corrected chi connectivity index (χ4v) is 6.42. The zero-order valence-electron chi connectivity index (χ0n) is 25.1. The Hall–Kier alpha value is -4.71.